The average Bonchev–Trinajstić information content (AvgIpc) is 2.68. The quantitative estimate of drug-likeness (QED) is 0.864. The van der Waals surface area contributed by atoms with Crippen molar-refractivity contribution in [3.05, 3.63) is 65.5 Å². The number of halogens is 1. The van der Waals surface area contributed by atoms with Crippen LogP contribution in [0.2, 0.25) is 0 Å². The molecule has 3 rings (SSSR count). The van der Waals surface area contributed by atoms with Crippen LogP contribution in [0.5, 0.6) is 5.75 Å². The summed E-state index contributed by atoms with van der Waals surface area (Å²) in [6.45, 7) is 2.01. The van der Waals surface area contributed by atoms with Gasteiger partial charge in [0.2, 0.25) is 5.91 Å². The highest BCUT2D eigenvalue weighted by Crippen LogP contribution is 2.20. The lowest BCUT2D eigenvalue weighted by Gasteiger charge is -2.32. The molecule has 5 heteroatoms. The predicted molar refractivity (Wildman–Crippen MR) is 97.3 cm³/mol. The molecular weight excluding hydrogens is 333 g/mol. The van der Waals surface area contributed by atoms with Crippen LogP contribution in [0.3, 0.4) is 0 Å². The number of carbonyl (C=O) groups excluding carboxylic acids is 1. The SMILES string of the molecule is O=C(Cc1ccc(CO)cc1)N1CCC[C@H](COc2ccc(F)cc2)C1. The predicted octanol–water partition coefficient (Wildman–Crippen LogP) is 3.18. The lowest BCUT2D eigenvalue weighted by molar-refractivity contribution is -0.132. The minimum Gasteiger partial charge on any atom is -0.493 e. The molecule has 2 aromatic carbocycles. The molecule has 0 bridgehead atoms. The molecule has 26 heavy (non-hydrogen) atoms. The average molecular weight is 357 g/mol. The van der Waals surface area contributed by atoms with E-state index in [-0.39, 0.29) is 24.2 Å². The van der Waals surface area contributed by atoms with Gasteiger partial charge in [-0.1, -0.05) is 24.3 Å². The van der Waals surface area contributed by atoms with Crippen molar-refractivity contribution in [2.24, 2.45) is 5.92 Å². The molecule has 0 unspecified atom stereocenters. The van der Waals surface area contributed by atoms with Crippen molar-refractivity contribution in [2.45, 2.75) is 25.9 Å². The number of nitrogens with zero attached hydrogens (tertiary/aromatic N) is 1. The maximum atomic E-state index is 12.9. The molecule has 0 saturated carbocycles. The Labute approximate surface area is 153 Å². The monoisotopic (exact) mass is 357 g/mol. The maximum absolute atomic E-state index is 12.9. The van der Waals surface area contributed by atoms with Crippen LogP contribution in [-0.2, 0) is 17.8 Å². The second-order valence-corrected chi connectivity index (χ2v) is 6.76. The summed E-state index contributed by atoms with van der Waals surface area (Å²) in [7, 11) is 0. The lowest BCUT2D eigenvalue weighted by atomic mass is 9.98. The smallest absolute Gasteiger partial charge is 0.227 e. The van der Waals surface area contributed by atoms with Gasteiger partial charge in [0.15, 0.2) is 0 Å². The second-order valence-electron chi connectivity index (χ2n) is 6.76. The molecule has 0 spiro atoms. The Balaban J connectivity index is 1.50. The van der Waals surface area contributed by atoms with Gasteiger partial charge < -0.3 is 14.7 Å². The first-order valence-corrected chi connectivity index (χ1v) is 8.99. The topological polar surface area (TPSA) is 49.8 Å². The van der Waals surface area contributed by atoms with Gasteiger partial charge in [0.25, 0.3) is 0 Å². The van der Waals surface area contributed by atoms with Gasteiger partial charge >= 0.3 is 0 Å². The summed E-state index contributed by atoms with van der Waals surface area (Å²) >= 11 is 0. The molecule has 1 amide bonds. The summed E-state index contributed by atoms with van der Waals surface area (Å²) in [5.74, 6) is 0.778. The van der Waals surface area contributed by atoms with Gasteiger partial charge in [-0.15, -0.1) is 0 Å². The minimum atomic E-state index is -0.279. The van der Waals surface area contributed by atoms with Crippen molar-refractivity contribution in [3.63, 3.8) is 0 Å². The fourth-order valence-electron chi connectivity index (χ4n) is 3.22. The molecule has 4 nitrogen and oxygen atoms in total. The van der Waals surface area contributed by atoms with Crippen LogP contribution in [0.1, 0.15) is 24.0 Å². The number of aliphatic hydroxyl groups is 1. The van der Waals surface area contributed by atoms with Crippen LogP contribution in [0.15, 0.2) is 48.5 Å². The molecule has 1 saturated heterocycles. The van der Waals surface area contributed by atoms with E-state index < -0.39 is 0 Å². The van der Waals surface area contributed by atoms with E-state index in [1.807, 2.05) is 29.2 Å². The molecule has 1 fully saturated rings. The molecule has 1 aliphatic rings. The summed E-state index contributed by atoms with van der Waals surface area (Å²) in [6, 6.07) is 13.5. The van der Waals surface area contributed by atoms with E-state index >= 15 is 0 Å². The Morgan fingerprint density at radius 2 is 1.81 bits per heavy atom. The van der Waals surface area contributed by atoms with Crippen molar-refractivity contribution in [3.8, 4) is 5.75 Å². The Hall–Kier alpha value is -2.40. The van der Waals surface area contributed by atoms with Crippen LogP contribution < -0.4 is 4.74 Å². The summed E-state index contributed by atoms with van der Waals surface area (Å²) < 4.78 is 18.7. The van der Waals surface area contributed by atoms with Gasteiger partial charge in [-0.05, 0) is 48.2 Å². The van der Waals surface area contributed by atoms with E-state index in [2.05, 4.69) is 0 Å². The van der Waals surface area contributed by atoms with Crippen molar-refractivity contribution in [2.75, 3.05) is 19.7 Å². The van der Waals surface area contributed by atoms with E-state index in [0.29, 0.717) is 25.3 Å². The molecule has 1 heterocycles. The summed E-state index contributed by atoms with van der Waals surface area (Å²) in [5, 5.41) is 9.08. The van der Waals surface area contributed by atoms with Crippen molar-refractivity contribution in [1.82, 2.24) is 4.90 Å². The first kappa shape index (κ1) is 18.4. The van der Waals surface area contributed by atoms with Crippen LogP contribution in [0.25, 0.3) is 0 Å². The van der Waals surface area contributed by atoms with Crippen molar-refractivity contribution in [1.29, 1.82) is 0 Å². The zero-order chi connectivity index (χ0) is 18.4. The van der Waals surface area contributed by atoms with E-state index in [0.717, 1.165) is 30.5 Å². The van der Waals surface area contributed by atoms with E-state index in [1.165, 1.54) is 12.1 Å². The number of carbonyl (C=O) groups is 1. The van der Waals surface area contributed by atoms with E-state index in [9.17, 15) is 9.18 Å². The lowest BCUT2D eigenvalue weighted by Crippen LogP contribution is -2.42. The van der Waals surface area contributed by atoms with Crippen LogP contribution >= 0.6 is 0 Å². The Kier molecular flexibility index (Phi) is 6.23. The fraction of sp³-hybridized carbons (Fsp3) is 0.381. The standard InChI is InChI=1S/C21H24FNO3/c22-19-7-9-20(10-8-19)26-15-18-2-1-11-23(13-18)21(25)12-16-3-5-17(14-24)6-4-16/h3-10,18,24H,1-2,11-15H2/t18-/m0/s1. The molecule has 2 aromatic rings. The number of likely N-dealkylation sites (tertiary alicyclic amines) is 1. The highest BCUT2D eigenvalue weighted by atomic mass is 19.1. The van der Waals surface area contributed by atoms with Gasteiger partial charge in [0.05, 0.1) is 19.6 Å². The molecule has 138 valence electrons. The normalized spacial score (nSPS) is 17.2. The van der Waals surface area contributed by atoms with Gasteiger partial charge in [0, 0.05) is 19.0 Å². The van der Waals surface area contributed by atoms with Gasteiger partial charge in [-0.3, -0.25) is 4.79 Å². The highest BCUT2D eigenvalue weighted by Gasteiger charge is 2.24. The largest absolute Gasteiger partial charge is 0.493 e. The maximum Gasteiger partial charge on any atom is 0.227 e. The third-order valence-electron chi connectivity index (χ3n) is 4.73. The summed E-state index contributed by atoms with van der Waals surface area (Å²) in [4.78, 5) is 14.5. The molecule has 0 aromatic heterocycles. The second kappa shape index (κ2) is 8.81. The number of hydrogen-bond donors (Lipinski definition) is 1. The van der Waals surface area contributed by atoms with Gasteiger partial charge in [-0.25, -0.2) is 4.39 Å². The number of piperidine rings is 1. The van der Waals surface area contributed by atoms with Gasteiger partial charge in [-0.2, -0.15) is 0 Å². The molecular formula is C21H24FNO3. The number of benzene rings is 2. The number of hydrogen-bond acceptors (Lipinski definition) is 3. The Bertz CT molecular complexity index is 715. The number of rotatable bonds is 6. The van der Waals surface area contributed by atoms with Crippen LogP contribution in [0.4, 0.5) is 4.39 Å². The van der Waals surface area contributed by atoms with Crippen molar-refractivity contribution < 1.29 is 19.0 Å². The Morgan fingerprint density at radius 1 is 1.12 bits per heavy atom. The van der Waals surface area contributed by atoms with Gasteiger partial charge in [0.1, 0.15) is 11.6 Å². The third kappa shape index (κ3) is 5.05. The number of ether oxygens (including phenoxy) is 1. The molecule has 0 aliphatic carbocycles. The molecule has 1 atom stereocenters. The van der Waals surface area contributed by atoms with E-state index in [1.54, 1.807) is 12.1 Å². The first-order valence-electron chi connectivity index (χ1n) is 8.99. The first-order chi connectivity index (χ1) is 12.6. The molecule has 1 aliphatic heterocycles. The van der Waals surface area contributed by atoms with Crippen molar-refractivity contribution >= 4 is 5.91 Å². The number of aliphatic hydroxyl groups excluding tert-OH is 1. The highest BCUT2D eigenvalue weighted by molar-refractivity contribution is 5.78. The number of amides is 1. The van der Waals surface area contributed by atoms with E-state index in [4.69, 9.17) is 9.84 Å². The molecule has 0 radical (unpaired) electrons. The Morgan fingerprint density at radius 3 is 2.50 bits per heavy atom. The van der Waals surface area contributed by atoms with Crippen LogP contribution in [-0.4, -0.2) is 35.6 Å². The zero-order valence-corrected chi connectivity index (χ0v) is 14.7. The summed E-state index contributed by atoms with van der Waals surface area (Å²) in [6.07, 6.45) is 2.36. The summed E-state index contributed by atoms with van der Waals surface area (Å²) in [5.41, 5.74) is 1.80. The zero-order valence-electron chi connectivity index (χ0n) is 14.7. The van der Waals surface area contributed by atoms with Crippen LogP contribution in [0, 0.1) is 11.7 Å². The minimum absolute atomic E-state index is 0.0100. The molecule has 1 N–H and O–H groups in total. The third-order valence-corrected chi connectivity index (χ3v) is 4.73. The fourth-order valence-corrected chi connectivity index (χ4v) is 3.22.